The van der Waals surface area contributed by atoms with Crippen LogP contribution in [0.4, 0.5) is 0 Å². The molecule has 0 amide bonds. The van der Waals surface area contributed by atoms with Crippen LogP contribution in [-0.4, -0.2) is 36.6 Å². The minimum atomic E-state index is 0.680. The Balaban J connectivity index is 1.82. The van der Waals surface area contributed by atoms with Crippen molar-refractivity contribution in [2.24, 2.45) is 0 Å². The quantitative estimate of drug-likeness (QED) is 0.742. The van der Waals surface area contributed by atoms with Gasteiger partial charge in [0.1, 0.15) is 0 Å². The number of nitrogens with one attached hydrogen (secondary N) is 1. The van der Waals surface area contributed by atoms with Gasteiger partial charge in [0.2, 0.25) is 0 Å². The van der Waals surface area contributed by atoms with E-state index < -0.39 is 0 Å². The minimum Gasteiger partial charge on any atom is -0.313 e. The molecule has 2 rings (SSSR count). The number of nitrogens with zero attached hydrogens (tertiary/aromatic N) is 1. The van der Waals surface area contributed by atoms with Gasteiger partial charge in [-0.1, -0.05) is 43.7 Å². The maximum absolute atomic E-state index is 3.65. The largest absolute Gasteiger partial charge is 0.313 e. The first-order valence-corrected chi connectivity index (χ1v) is 8.81. The van der Waals surface area contributed by atoms with Crippen molar-refractivity contribution in [2.75, 3.05) is 19.6 Å². The summed E-state index contributed by atoms with van der Waals surface area (Å²) in [6.45, 7) is 8.40. The van der Waals surface area contributed by atoms with Crippen LogP contribution < -0.4 is 5.32 Å². The fourth-order valence-corrected chi connectivity index (χ4v) is 3.25. The second kappa shape index (κ2) is 9.22. The predicted octanol–water partition coefficient (Wildman–Crippen LogP) is 3.86. The molecule has 2 unspecified atom stereocenters. The highest BCUT2D eigenvalue weighted by molar-refractivity contribution is 5.14. The molecule has 0 spiro atoms. The van der Waals surface area contributed by atoms with Crippen molar-refractivity contribution >= 4 is 0 Å². The summed E-state index contributed by atoms with van der Waals surface area (Å²) in [6, 6.07) is 12.3. The first-order valence-electron chi connectivity index (χ1n) is 8.81. The Labute approximate surface area is 130 Å². The Bertz CT molecular complexity index is 370. The zero-order valence-corrected chi connectivity index (χ0v) is 13.9. The summed E-state index contributed by atoms with van der Waals surface area (Å²) in [7, 11) is 0. The molecule has 1 N–H and O–H groups in total. The van der Waals surface area contributed by atoms with E-state index in [1.807, 2.05) is 0 Å². The molecular weight excluding hydrogens is 256 g/mol. The van der Waals surface area contributed by atoms with Crippen LogP contribution in [0.25, 0.3) is 0 Å². The maximum atomic E-state index is 3.65. The molecule has 0 bridgehead atoms. The van der Waals surface area contributed by atoms with E-state index in [4.69, 9.17) is 0 Å². The second-order valence-electron chi connectivity index (χ2n) is 6.52. The van der Waals surface area contributed by atoms with Crippen molar-refractivity contribution in [2.45, 2.75) is 64.5 Å². The molecule has 1 fully saturated rings. The Morgan fingerprint density at radius 1 is 1.29 bits per heavy atom. The van der Waals surface area contributed by atoms with E-state index in [0.717, 1.165) is 6.04 Å². The zero-order valence-electron chi connectivity index (χ0n) is 13.9. The summed E-state index contributed by atoms with van der Waals surface area (Å²) < 4.78 is 0. The molecule has 21 heavy (non-hydrogen) atoms. The first-order chi connectivity index (χ1) is 10.3. The molecule has 1 aliphatic rings. The molecule has 1 heterocycles. The van der Waals surface area contributed by atoms with E-state index in [0.29, 0.717) is 6.04 Å². The van der Waals surface area contributed by atoms with Gasteiger partial charge in [0.15, 0.2) is 0 Å². The average molecular weight is 288 g/mol. The third kappa shape index (κ3) is 5.80. The summed E-state index contributed by atoms with van der Waals surface area (Å²) in [5, 5.41) is 3.65. The van der Waals surface area contributed by atoms with Crippen LogP contribution in [0.1, 0.15) is 51.5 Å². The van der Waals surface area contributed by atoms with Crippen molar-refractivity contribution in [1.29, 1.82) is 0 Å². The number of hydrogen-bond acceptors (Lipinski definition) is 2. The summed E-state index contributed by atoms with van der Waals surface area (Å²) in [6.07, 6.45) is 7.78. The van der Waals surface area contributed by atoms with Crippen LogP contribution in [0.3, 0.4) is 0 Å². The van der Waals surface area contributed by atoms with E-state index in [2.05, 4.69) is 54.4 Å². The molecule has 118 valence electrons. The molecule has 2 atom stereocenters. The number of unbranched alkanes of at least 4 members (excludes halogenated alkanes) is 1. The van der Waals surface area contributed by atoms with E-state index in [9.17, 15) is 0 Å². The molecule has 0 radical (unpaired) electrons. The van der Waals surface area contributed by atoms with Crippen LogP contribution in [0.5, 0.6) is 0 Å². The smallest absolute Gasteiger partial charge is 0.0195 e. The molecule has 0 saturated carbocycles. The van der Waals surface area contributed by atoms with Gasteiger partial charge in [0, 0.05) is 18.6 Å². The molecule has 1 aromatic carbocycles. The van der Waals surface area contributed by atoms with Crippen molar-refractivity contribution < 1.29 is 0 Å². The lowest BCUT2D eigenvalue weighted by molar-refractivity contribution is 0.180. The summed E-state index contributed by atoms with van der Waals surface area (Å²) in [4.78, 5) is 2.72. The topological polar surface area (TPSA) is 15.3 Å². The standard InChI is InChI=1S/C19H32N2/c1-3-4-15-21(16-19-11-8-14-20-19)17(2)12-13-18-9-6-5-7-10-18/h5-7,9-10,17,19-20H,3-4,8,11-16H2,1-2H3. The van der Waals surface area contributed by atoms with Crippen LogP contribution in [0.15, 0.2) is 30.3 Å². The SMILES string of the molecule is CCCCN(CC1CCCN1)C(C)CCc1ccccc1. The van der Waals surface area contributed by atoms with E-state index in [1.54, 1.807) is 0 Å². The molecule has 0 aliphatic carbocycles. The summed E-state index contributed by atoms with van der Waals surface area (Å²) >= 11 is 0. The highest BCUT2D eigenvalue weighted by atomic mass is 15.2. The van der Waals surface area contributed by atoms with Gasteiger partial charge in [-0.2, -0.15) is 0 Å². The van der Waals surface area contributed by atoms with Crippen molar-refractivity contribution in [1.82, 2.24) is 10.2 Å². The third-order valence-electron chi connectivity index (χ3n) is 4.73. The third-order valence-corrected chi connectivity index (χ3v) is 4.73. The predicted molar refractivity (Wildman–Crippen MR) is 91.7 cm³/mol. The Hall–Kier alpha value is -0.860. The van der Waals surface area contributed by atoms with Crippen molar-refractivity contribution in [3.8, 4) is 0 Å². The fraction of sp³-hybridized carbons (Fsp3) is 0.684. The minimum absolute atomic E-state index is 0.680. The monoisotopic (exact) mass is 288 g/mol. The number of aryl methyl sites for hydroxylation is 1. The van der Waals surface area contributed by atoms with E-state index >= 15 is 0 Å². The normalized spacial score (nSPS) is 20.0. The molecule has 2 nitrogen and oxygen atoms in total. The van der Waals surface area contributed by atoms with Crippen LogP contribution >= 0.6 is 0 Å². The number of rotatable bonds is 9. The summed E-state index contributed by atoms with van der Waals surface area (Å²) in [5.41, 5.74) is 1.47. The lowest BCUT2D eigenvalue weighted by atomic mass is 10.0. The molecule has 1 aliphatic heterocycles. The molecular formula is C19H32N2. The van der Waals surface area contributed by atoms with Crippen molar-refractivity contribution in [3.63, 3.8) is 0 Å². The Morgan fingerprint density at radius 3 is 2.76 bits per heavy atom. The Morgan fingerprint density at radius 2 is 2.10 bits per heavy atom. The van der Waals surface area contributed by atoms with Crippen LogP contribution in [0.2, 0.25) is 0 Å². The van der Waals surface area contributed by atoms with Gasteiger partial charge in [-0.05, 0) is 57.7 Å². The van der Waals surface area contributed by atoms with E-state index in [1.165, 1.54) is 63.7 Å². The second-order valence-corrected chi connectivity index (χ2v) is 6.52. The van der Waals surface area contributed by atoms with Gasteiger partial charge in [-0.15, -0.1) is 0 Å². The molecule has 0 aromatic heterocycles. The van der Waals surface area contributed by atoms with Crippen LogP contribution in [0, 0.1) is 0 Å². The van der Waals surface area contributed by atoms with Gasteiger partial charge >= 0.3 is 0 Å². The number of hydrogen-bond donors (Lipinski definition) is 1. The van der Waals surface area contributed by atoms with Crippen molar-refractivity contribution in [3.05, 3.63) is 35.9 Å². The van der Waals surface area contributed by atoms with E-state index in [-0.39, 0.29) is 0 Å². The van der Waals surface area contributed by atoms with Gasteiger partial charge in [-0.25, -0.2) is 0 Å². The highest BCUT2D eigenvalue weighted by Crippen LogP contribution is 2.14. The fourth-order valence-electron chi connectivity index (χ4n) is 3.25. The maximum Gasteiger partial charge on any atom is 0.0195 e. The molecule has 1 aromatic rings. The average Bonchev–Trinajstić information content (AvgIpc) is 3.03. The summed E-state index contributed by atoms with van der Waals surface area (Å²) in [5.74, 6) is 0. The molecule has 2 heteroatoms. The Kier molecular flexibility index (Phi) is 7.25. The molecule has 1 saturated heterocycles. The lowest BCUT2D eigenvalue weighted by Gasteiger charge is -2.31. The van der Waals surface area contributed by atoms with Gasteiger partial charge in [0.25, 0.3) is 0 Å². The zero-order chi connectivity index (χ0) is 14.9. The van der Waals surface area contributed by atoms with Gasteiger partial charge in [0.05, 0.1) is 0 Å². The van der Waals surface area contributed by atoms with Gasteiger partial charge in [-0.3, -0.25) is 4.90 Å². The lowest BCUT2D eigenvalue weighted by Crippen LogP contribution is -2.43. The van der Waals surface area contributed by atoms with Crippen LogP contribution in [-0.2, 0) is 6.42 Å². The highest BCUT2D eigenvalue weighted by Gasteiger charge is 2.20. The number of benzene rings is 1. The van der Waals surface area contributed by atoms with Gasteiger partial charge < -0.3 is 5.32 Å². The first kappa shape index (κ1) is 16.5.